The van der Waals surface area contributed by atoms with Crippen LogP contribution in [0.4, 0.5) is 0 Å². The van der Waals surface area contributed by atoms with Crippen molar-refractivity contribution in [3.8, 4) is 0 Å². The van der Waals surface area contributed by atoms with E-state index in [1.165, 1.54) is 0 Å². The third-order valence-corrected chi connectivity index (χ3v) is 2.96. The Kier molecular flexibility index (Phi) is 2.77. The van der Waals surface area contributed by atoms with Gasteiger partial charge < -0.3 is 10.4 Å². The number of β-amino-alcohol motifs (C(OH)–C–C–N with tert-alkyl or cyclic N) is 1. The lowest BCUT2D eigenvalue weighted by atomic mass is 9.87. The van der Waals surface area contributed by atoms with Crippen molar-refractivity contribution in [3.63, 3.8) is 0 Å². The lowest BCUT2D eigenvalue weighted by Gasteiger charge is -2.33. The number of piperidine rings is 1. The van der Waals surface area contributed by atoms with Crippen LogP contribution in [0.5, 0.6) is 0 Å². The summed E-state index contributed by atoms with van der Waals surface area (Å²) in [4.78, 5) is 0. The monoisotopic (exact) mass is 211 g/mol. The highest BCUT2D eigenvalue weighted by Crippen LogP contribution is 2.29. The van der Waals surface area contributed by atoms with Gasteiger partial charge in [0.1, 0.15) is 5.60 Å². The molecule has 14 heavy (non-hydrogen) atoms. The lowest BCUT2D eigenvalue weighted by molar-refractivity contribution is 0.0123. The second-order valence-corrected chi connectivity index (χ2v) is 4.26. The van der Waals surface area contributed by atoms with Crippen molar-refractivity contribution in [1.29, 1.82) is 0 Å². The number of hydrogen-bond acceptors (Lipinski definition) is 2. The fourth-order valence-corrected chi connectivity index (χ4v) is 2.10. The first-order valence-electron chi connectivity index (χ1n) is 4.90. The molecule has 1 unspecified atom stereocenters. The maximum absolute atomic E-state index is 10.3. The van der Waals surface area contributed by atoms with Crippen molar-refractivity contribution < 1.29 is 5.11 Å². The molecule has 1 aromatic rings. The third kappa shape index (κ3) is 1.92. The van der Waals surface area contributed by atoms with Crippen molar-refractivity contribution in [3.05, 3.63) is 34.9 Å². The Bertz CT molecular complexity index is 321. The van der Waals surface area contributed by atoms with Crippen molar-refractivity contribution in [1.82, 2.24) is 5.32 Å². The largest absolute Gasteiger partial charge is 0.384 e. The minimum Gasteiger partial charge on any atom is -0.384 e. The summed E-state index contributed by atoms with van der Waals surface area (Å²) in [5, 5.41) is 14.2. The first kappa shape index (κ1) is 9.97. The quantitative estimate of drug-likeness (QED) is 0.744. The molecule has 1 saturated heterocycles. The minimum atomic E-state index is -0.733. The summed E-state index contributed by atoms with van der Waals surface area (Å²) in [7, 11) is 0. The average Bonchev–Trinajstić information content (AvgIpc) is 2.19. The highest BCUT2D eigenvalue weighted by atomic mass is 35.5. The van der Waals surface area contributed by atoms with E-state index in [4.69, 9.17) is 11.6 Å². The van der Waals surface area contributed by atoms with Gasteiger partial charge in [0.2, 0.25) is 0 Å². The predicted molar refractivity (Wildman–Crippen MR) is 57.5 cm³/mol. The molecule has 0 bridgehead atoms. The number of nitrogens with one attached hydrogen (secondary N) is 1. The Balaban J connectivity index is 2.28. The molecule has 76 valence electrons. The summed E-state index contributed by atoms with van der Waals surface area (Å²) in [6, 6.07) is 7.47. The molecule has 0 radical (unpaired) electrons. The molecule has 1 aliphatic heterocycles. The first-order valence-corrected chi connectivity index (χ1v) is 5.28. The summed E-state index contributed by atoms with van der Waals surface area (Å²) in [5.41, 5.74) is 0.181. The van der Waals surface area contributed by atoms with Crippen LogP contribution in [0.15, 0.2) is 24.3 Å². The number of halogens is 1. The SMILES string of the molecule is OC1(c2cccc(Cl)c2)CCCNC1. The molecule has 2 rings (SSSR count). The van der Waals surface area contributed by atoms with E-state index in [1.807, 2.05) is 24.3 Å². The Labute approximate surface area is 88.9 Å². The van der Waals surface area contributed by atoms with Crippen molar-refractivity contribution >= 4 is 11.6 Å². The maximum atomic E-state index is 10.3. The zero-order chi connectivity index (χ0) is 10.0. The molecular weight excluding hydrogens is 198 g/mol. The van der Waals surface area contributed by atoms with Crippen LogP contribution < -0.4 is 5.32 Å². The summed E-state index contributed by atoms with van der Waals surface area (Å²) >= 11 is 5.89. The van der Waals surface area contributed by atoms with Crippen LogP contribution in [-0.2, 0) is 5.60 Å². The van der Waals surface area contributed by atoms with Crippen LogP contribution in [0.3, 0.4) is 0 Å². The number of aliphatic hydroxyl groups is 1. The molecule has 0 aliphatic carbocycles. The molecule has 1 aromatic carbocycles. The third-order valence-electron chi connectivity index (χ3n) is 2.72. The van der Waals surface area contributed by atoms with E-state index in [1.54, 1.807) is 0 Å². The van der Waals surface area contributed by atoms with Gasteiger partial charge in [-0.25, -0.2) is 0 Å². The standard InChI is InChI=1S/C11H14ClNO/c12-10-4-1-3-9(7-10)11(14)5-2-6-13-8-11/h1,3-4,7,13-14H,2,5-6,8H2. The second-order valence-electron chi connectivity index (χ2n) is 3.82. The van der Waals surface area contributed by atoms with E-state index in [2.05, 4.69) is 5.32 Å². The summed E-state index contributed by atoms with van der Waals surface area (Å²) < 4.78 is 0. The smallest absolute Gasteiger partial charge is 0.102 e. The highest BCUT2D eigenvalue weighted by Gasteiger charge is 2.30. The second kappa shape index (κ2) is 3.89. The Morgan fingerprint density at radius 2 is 2.29 bits per heavy atom. The molecule has 1 fully saturated rings. The van der Waals surface area contributed by atoms with Crippen LogP contribution in [0.1, 0.15) is 18.4 Å². The molecule has 3 heteroatoms. The van der Waals surface area contributed by atoms with Gasteiger partial charge in [-0.2, -0.15) is 0 Å². The van der Waals surface area contributed by atoms with Gasteiger partial charge in [0.15, 0.2) is 0 Å². The molecule has 1 aliphatic rings. The van der Waals surface area contributed by atoms with E-state index in [0.29, 0.717) is 11.6 Å². The van der Waals surface area contributed by atoms with Crippen LogP contribution in [0.25, 0.3) is 0 Å². The minimum absolute atomic E-state index is 0.618. The fraction of sp³-hybridized carbons (Fsp3) is 0.455. The first-order chi connectivity index (χ1) is 6.71. The van der Waals surface area contributed by atoms with Gasteiger partial charge in [0.25, 0.3) is 0 Å². The highest BCUT2D eigenvalue weighted by molar-refractivity contribution is 6.30. The maximum Gasteiger partial charge on any atom is 0.102 e. The van der Waals surface area contributed by atoms with Gasteiger partial charge in [-0.15, -0.1) is 0 Å². The Hall–Kier alpha value is -0.570. The van der Waals surface area contributed by atoms with Gasteiger partial charge >= 0.3 is 0 Å². The molecule has 2 nitrogen and oxygen atoms in total. The van der Waals surface area contributed by atoms with Gasteiger partial charge in [-0.1, -0.05) is 23.7 Å². The predicted octanol–water partition coefficient (Wildman–Crippen LogP) is 1.91. The van der Waals surface area contributed by atoms with Crippen LogP contribution >= 0.6 is 11.6 Å². The molecule has 1 atom stereocenters. The summed E-state index contributed by atoms with van der Waals surface area (Å²) in [5.74, 6) is 0. The zero-order valence-electron chi connectivity index (χ0n) is 7.96. The van der Waals surface area contributed by atoms with Crippen LogP contribution in [0.2, 0.25) is 5.02 Å². The van der Waals surface area contributed by atoms with E-state index in [0.717, 1.165) is 24.9 Å². The van der Waals surface area contributed by atoms with E-state index in [-0.39, 0.29) is 0 Å². The molecule has 0 aromatic heterocycles. The van der Waals surface area contributed by atoms with E-state index >= 15 is 0 Å². The Morgan fingerprint density at radius 3 is 2.93 bits per heavy atom. The van der Waals surface area contributed by atoms with Crippen LogP contribution in [-0.4, -0.2) is 18.2 Å². The summed E-state index contributed by atoms with van der Waals surface area (Å²) in [6.45, 7) is 1.61. The molecule has 2 N–H and O–H groups in total. The molecule has 1 heterocycles. The number of rotatable bonds is 1. The van der Waals surface area contributed by atoms with Crippen molar-refractivity contribution in [2.45, 2.75) is 18.4 Å². The molecule has 0 saturated carbocycles. The molecule has 0 spiro atoms. The summed E-state index contributed by atoms with van der Waals surface area (Å²) in [6.07, 6.45) is 1.81. The number of hydrogen-bond donors (Lipinski definition) is 2. The Morgan fingerprint density at radius 1 is 1.43 bits per heavy atom. The van der Waals surface area contributed by atoms with E-state index in [9.17, 15) is 5.11 Å². The normalized spacial score (nSPS) is 27.6. The van der Waals surface area contributed by atoms with Gasteiger partial charge in [-0.3, -0.25) is 0 Å². The molecule has 0 amide bonds. The zero-order valence-corrected chi connectivity index (χ0v) is 8.72. The van der Waals surface area contributed by atoms with Crippen molar-refractivity contribution in [2.24, 2.45) is 0 Å². The van der Waals surface area contributed by atoms with Crippen molar-refractivity contribution in [2.75, 3.05) is 13.1 Å². The lowest BCUT2D eigenvalue weighted by Crippen LogP contribution is -2.43. The average molecular weight is 212 g/mol. The van der Waals surface area contributed by atoms with Gasteiger partial charge in [-0.05, 0) is 37.1 Å². The topological polar surface area (TPSA) is 32.3 Å². The number of benzene rings is 1. The van der Waals surface area contributed by atoms with Gasteiger partial charge in [0, 0.05) is 11.6 Å². The van der Waals surface area contributed by atoms with E-state index < -0.39 is 5.60 Å². The van der Waals surface area contributed by atoms with Crippen LogP contribution in [0, 0.1) is 0 Å². The van der Waals surface area contributed by atoms with Gasteiger partial charge in [0.05, 0.1) is 0 Å². The fourth-order valence-electron chi connectivity index (χ4n) is 1.91. The molecular formula is C11H14ClNO.